The quantitative estimate of drug-likeness (QED) is 0.852. The molecule has 2 nitrogen and oxygen atoms in total. The van der Waals surface area contributed by atoms with E-state index in [0.717, 1.165) is 13.1 Å². The average molecular weight is 244 g/mol. The van der Waals surface area contributed by atoms with Gasteiger partial charge in [0.05, 0.1) is 5.69 Å². The van der Waals surface area contributed by atoms with Gasteiger partial charge in [0.1, 0.15) is 0 Å². The second-order valence-corrected chi connectivity index (χ2v) is 5.82. The van der Waals surface area contributed by atoms with Gasteiger partial charge in [-0.05, 0) is 19.9 Å². The van der Waals surface area contributed by atoms with E-state index in [1.54, 1.807) is 0 Å². The molecule has 0 amide bonds. The number of para-hydroxylation sites is 1. The third-order valence-electron chi connectivity index (χ3n) is 3.51. The molecule has 0 aliphatic rings. The summed E-state index contributed by atoms with van der Waals surface area (Å²) in [7, 11) is 0. The first-order chi connectivity index (χ1) is 8.49. The Morgan fingerprint density at radius 1 is 1.06 bits per heavy atom. The molecule has 0 fully saturated rings. The summed E-state index contributed by atoms with van der Waals surface area (Å²) in [5.41, 5.74) is 4.09. The van der Waals surface area contributed by atoms with Crippen molar-refractivity contribution in [2.24, 2.45) is 0 Å². The van der Waals surface area contributed by atoms with E-state index in [0.29, 0.717) is 0 Å². The minimum absolute atomic E-state index is 0.136. The Balaban J connectivity index is 2.73. The van der Waals surface area contributed by atoms with Crippen LogP contribution in [0.15, 0.2) is 24.3 Å². The molecular formula is C16H24N2. The smallest absolute Gasteiger partial charge is 0.0662 e. The maximum absolute atomic E-state index is 3.61. The van der Waals surface area contributed by atoms with Crippen LogP contribution in [0.4, 0.5) is 5.69 Å². The molecule has 1 aromatic carbocycles. The number of benzene rings is 1. The van der Waals surface area contributed by atoms with E-state index in [1.165, 1.54) is 22.3 Å². The van der Waals surface area contributed by atoms with E-state index in [4.69, 9.17) is 0 Å². The van der Waals surface area contributed by atoms with Crippen molar-refractivity contribution in [1.29, 1.82) is 0 Å². The highest BCUT2D eigenvalue weighted by Crippen LogP contribution is 2.37. The normalized spacial score (nSPS) is 12.1. The van der Waals surface area contributed by atoms with Crippen molar-refractivity contribution in [3.8, 4) is 0 Å². The molecule has 0 saturated carbocycles. The first-order valence-electron chi connectivity index (χ1n) is 6.85. The number of H-pyrrole nitrogens is 1. The molecule has 0 bridgehead atoms. The highest BCUT2D eigenvalue weighted by Gasteiger charge is 2.24. The van der Waals surface area contributed by atoms with Crippen LogP contribution in [-0.2, 0) is 5.41 Å². The van der Waals surface area contributed by atoms with Gasteiger partial charge in [0.25, 0.3) is 0 Å². The van der Waals surface area contributed by atoms with E-state index in [2.05, 4.69) is 68.8 Å². The van der Waals surface area contributed by atoms with Gasteiger partial charge in [-0.3, -0.25) is 0 Å². The minimum atomic E-state index is 0.136. The second kappa shape index (κ2) is 4.68. The Bertz CT molecular complexity index is 528. The van der Waals surface area contributed by atoms with Crippen LogP contribution in [0.2, 0.25) is 0 Å². The van der Waals surface area contributed by atoms with Crippen LogP contribution in [0.5, 0.6) is 0 Å². The Kier molecular flexibility index (Phi) is 3.38. The van der Waals surface area contributed by atoms with Gasteiger partial charge in [0, 0.05) is 35.1 Å². The highest BCUT2D eigenvalue weighted by atomic mass is 15.1. The van der Waals surface area contributed by atoms with Crippen LogP contribution in [0.1, 0.15) is 40.3 Å². The maximum atomic E-state index is 3.61. The first kappa shape index (κ1) is 13.0. The van der Waals surface area contributed by atoms with Gasteiger partial charge in [-0.15, -0.1) is 0 Å². The Morgan fingerprint density at radius 3 is 2.22 bits per heavy atom. The summed E-state index contributed by atoms with van der Waals surface area (Å²) in [5, 5.41) is 1.34. The van der Waals surface area contributed by atoms with Crippen LogP contribution in [0.25, 0.3) is 10.9 Å². The Hall–Kier alpha value is -1.44. The summed E-state index contributed by atoms with van der Waals surface area (Å²) in [4.78, 5) is 6.06. The van der Waals surface area contributed by atoms with E-state index < -0.39 is 0 Å². The third kappa shape index (κ3) is 2.12. The lowest BCUT2D eigenvalue weighted by molar-refractivity contribution is 0.572. The molecule has 0 saturated heterocycles. The van der Waals surface area contributed by atoms with Gasteiger partial charge in [-0.2, -0.15) is 0 Å². The molecule has 2 rings (SSSR count). The first-order valence-corrected chi connectivity index (χ1v) is 6.85. The summed E-state index contributed by atoms with van der Waals surface area (Å²) in [6.07, 6.45) is 0. The number of aromatic nitrogens is 1. The molecule has 1 aromatic heterocycles. The fourth-order valence-corrected chi connectivity index (χ4v) is 2.54. The molecule has 2 heteroatoms. The van der Waals surface area contributed by atoms with Crippen LogP contribution in [0, 0.1) is 0 Å². The monoisotopic (exact) mass is 244 g/mol. The van der Waals surface area contributed by atoms with Crippen molar-refractivity contribution in [2.45, 2.75) is 40.0 Å². The fourth-order valence-electron chi connectivity index (χ4n) is 2.54. The molecule has 1 heterocycles. The zero-order chi connectivity index (χ0) is 13.3. The predicted octanol–water partition coefficient (Wildman–Crippen LogP) is 4.31. The molecular weight excluding hydrogens is 220 g/mol. The van der Waals surface area contributed by atoms with Crippen molar-refractivity contribution in [3.63, 3.8) is 0 Å². The van der Waals surface area contributed by atoms with Crippen LogP contribution in [-0.4, -0.2) is 18.1 Å². The summed E-state index contributed by atoms with van der Waals surface area (Å²) < 4.78 is 0. The lowest BCUT2D eigenvalue weighted by Gasteiger charge is -2.27. The molecule has 0 aliphatic carbocycles. The Labute approximate surface area is 110 Å². The highest BCUT2D eigenvalue weighted by molar-refractivity contribution is 5.95. The lowest BCUT2D eigenvalue weighted by Crippen LogP contribution is -2.25. The molecule has 18 heavy (non-hydrogen) atoms. The van der Waals surface area contributed by atoms with Crippen LogP contribution in [0.3, 0.4) is 0 Å². The Morgan fingerprint density at radius 2 is 1.67 bits per heavy atom. The van der Waals surface area contributed by atoms with Crippen molar-refractivity contribution in [2.75, 3.05) is 18.0 Å². The topological polar surface area (TPSA) is 19.0 Å². The summed E-state index contributed by atoms with van der Waals surface area (Å²) in [6.45, 7) is 13.3. The van der Waals surface area contributed by atoms with Crippen LogP contribution >= 0.6 is 0 Å². The number of fused-ring (bicyclic) bond motifs is 1. The molecule has 98 valence electrons. The number of anilines is 1. The molecule has 0 atom stereocenters. The lowest BCUT2D eigenvalue weighted by atomic mass is 9.90. The van der Waals surface area contributed by atoms with Crippen molar-refractivity contribution < 1.29 is 0 Å². The summed E-state index contributed by atoms with van der Waals surface area (Å²) in [5.74, 6) is 0. The van der Waals surface area contributed by atoms with Gasteiger partial charge in [-0.1, -0.05) is 39.0 Å². The van der Waals surface area contributed by atoms with Crippen molar-refractivity contribution in [3.05, 3.63) is 30.0 Å². The minimum Gasteiger partial charge on any atom is -0.370 e. The number of hydrogen-bond donors (Lipinski definition) is 1. The van der Waals surface area contributed by atoms with E-state index in [-0.39, 0.29) is 5.41 Å². The van der Waals surface area contributed by atoms with E-state index >= 15 is 0 Å². The summed E-state index contributed by atoms with van der Waals surface area (Å²) in [6, 6.07) is 8.60. The number of aromatic amines is 1. The molecule has 2 aromatic rings. The molecule has 0 aliphatic heterocycles. The SMILES string of the molecule is CCN(CC)c1c(C(C)(C)C)[nH]c2ccccc12. The van der Waals surface area contributed by atoms with Gasteiger partial charge in [-0.25, -0.2) is 0 Å². The number of nitrogens with zero attached hydrogens (tertiary/aromatic N) is 1. The molecule has 0 spiro atoms. The second-order valence-electron chi connectivity index (χ2n) is 5.82. The largest absolute Gasteiger partial charge is 0.370 e. The fraction of sp³-hybridized carbons (Fsp3) is 0.500. The van der Waals surface area contributed by atoms with Gasteiger partial charge < -0.3 is 9.88 Å². The van der Waals surface area contributed by atoms with Gasteiger partial charge >= 0.3 is 0 Å². The van der Waals surface area contributed by atoms with Gasteiger partial charge in [0.2, 0.25) is 0 Å². The molecule has 0 radical (unpaired) electrons. The van der Waals surface area contributed by atoms with Crippen LogP contribution < -0.4 is 4.90 Å². The van der Waals surface area contributed by atoms with E-state index in [1.807, 2.05) is 0 Å². The third-order valence-corrected chi connectivity index (χ3v) is 3.51. The van der Waals surface area contributed by atoms with Gasteiger partial charge in [0.15, 0.2) is 0 Å². The maximum Gasteiger partial charge on any atom is 0.0662 e. The zero-order valence-electron chi connectivity index (χ0n) is 12.2. The number of rotatable bonds is 3. The summed E-state index contributed by atoms with van der Waals surface area (Å²) >= 11 is 0. The van der Waals surface area contributed by atoms with Crippen molar-refractivity contribution in [1.82, 2.24) is 4.98 Å². The van der Waals surface area contributed by atoms with Crippen molar-refractivity contribution >= 4 is 16.6 Å². The molecule has 0 unspecified atom stereocenters. The number of hydrogen-bond acceptors (Lipinski definition) is 1. The van der Waals surface area contributed by atoms with E-state index in [9.17, 15) is 0 Å². The average Bonchev–Trinajstić information content (AvgIpc) is 2.71. The predicted molar refractivity (Wildman–Crippen MR) is 80.6 cm³/mol. The number of nitrogens with one attached hydrogen (secondary N) is 1. The standard InChI is InChI=1S/C16H24N2/c1-6-18(7-2)14-12-10-8-9-11-13(12)17-15(14)16(3,4)5/h8-11,17H,6-7H2,1-5H3. The zero-order valence-corrected chi connectivity index (χ0v) is 12.2. The molecule has 1 N–H and O–H groups in total.